The van der Waals surface area contributed by atoms with Crippen molar-refractivity contribution in [3.8, 4) is 0 Å². The molecule has 0 aliphatic carbocycles. The number of halogens is 2. The second-order valence-electron chi connectivity index (χ2n) is 8.44. The number of benzene rings is 3. The fourth-order valence-corrected chi connectivity index (χ4v) is 6.02. The third kappa shape index (κ3) is 6.48. The van der Waals surface area contributed by atoms with Crippen LogP contribution in [0.15, 0.2) is 77.7 Å². The molecule has 184 valence electrons. The van der Waals surface area contributed by atoms with Gasteiger partial charge < -0.3 is 10.2 Å². The van der Waals surface area contributed by atoms with Gasteiger partial charge in [-0.1, -0.05) is 53.5 Å². The van der Waals surface area contributed by atoms with Crippen LogP contribution in [0.25, 0.3) is 0 Å². The second-order valence-corrected chi connectivity index (χ2v) is 11.2. The fourth-order valence-electron chi connectivity index (χ4n) is 4.08. The Labute approximate surface area is 216 Å². The average molecular weight is 532 g/mol. The van der Waals surface area contributed by atoms with Gasteiger partial charge in [0.15, 0.2) is 0 Å². The number of nitrogens with one attached hydrogen (secondary N) is 1. The summed E-state index contributed by atoms with van der Waals surface area (Å²) in [7, 11) is -4.03. The molecule has 0 saturated carbocycles. The van der Waals surface area contributed by atoms with Crippen LogP contribution >= 0.6 is 23.2 Å². The molecule has 0 radical (unpaired) electrons. The highest BCUT2D eigenvalue weighted by Gasteiger charge is 2.27. The highest BCUT2D eigenvalue weighted by atomic mass is 35.5. The second kappa shape index (κ2) is 11.3. The van der Waals surface area contributed by atoms with Gasteiger partial charge in [0.1, 0.15) is 6.54 Å². The molecular weight excluding hydrogens is 505 g/mol. The van der Waals surface area contributed by atoms with Crippen LogP contribution in [0.4, 0.5) is 11.4 Å². The first-order chi connectivity index (χ1) is 16.8. The molecule has 35 heavy (non-hydrogen) atoms. The minimum absolute atomic E-state index is 0.0669. The molecule has 0 atom stereocenters. The Balaban J connectivity index is 1.48. The summed E-state index contributed by atoms with van der Waals surface area (Å²) in [5.41, 5.74) is 2.33. The highest BCUT2D eigenvalue weighted by molar-refractivity contribution is 7.92. The summed E-state index contributed by atoms with van der Waals surface area (Å²) < 4.78 is 27.8. The highest BCUT2D eigenvalue weighted by Crippen LogP contribution is 2.29. The van der Waals surface area contributed by atoms with Gasteiger partial charge in [-0.05, 0) is 67.3 Å². The van der Waals surface area contributed by atoms with Gasteiger partial charge in [-0.25, -0.2) is 8.42 Å². The van der Waals surface area contributed by atoms with Crippen LogP contribution < -0.4 is 14.5 Å². The van der Waals surface area contributed by atoms with Crippen LogP contribution in [0.2, 0.25) is 10.0 Å². The Morgan fingerprint density at radius 3 is 2.14 bits per heavy atom. The van der Waals surface area contributed by atoms with Gasteiger partial charge in [0.2, 0.25) is 5.91 Å². The lowest BCUT2D eigenvalue weighted by Crippen LogP contribution is -2.40. The van der Waals surface area contributed by atoms with E-state index in [2.05, 4.69) is 22.3 Å². The van der Waals surface area contributed by atoms with E-state index in [1.807, 2.05) is 12.1 Å². The first kappa shape index (κ1) is 25.4. The zero-order valence-electron chi connectivity index (χ0n) is 19.2. The molecule has 0 bridgehead atoms. The van der Waals surface area contributed by atoms with Gasteiger partial charge in [-0.15, -0.1) is 0 Å². The Bertz CT molecular complexity index is 1240. The lowest BCUT2D eigenvalue weighted by atomic mass is 10.1. The number of rotatable bonds is 8. The first-order valence-corrected chi connectivity index (χ1v) is 13.7. The van der Waals surface area contributed by atoms with Gasteiger partial charge >= 0.3 is 0 Å². The molecule has 6 nitrogen and oxygen atoms in total. The number of piperidine rings is 1. The standard InChI is InChI=1S/C26H27Cl2N3O3S/c27-21-15-22(28)17-24(16-21)31(35(33,34)25-7-3-1-4-8-25)19-26(32)29-18-20-9-11-23(12-10-20)30-13-5-2-6-14-30/h1,3-4,7-12,15-17H,2,5-6,13-14,18-19H2,(H,29,32). The van der Waals surface area contributed by atoms with E-state index < -0.39 is 22.5 Å². The van der Waals surface area contributed by atoms with Crippen LogP contribution in [-0.4, -0.2) is 34.0 Å². The first-order valence-electron chi connectivity index (χ1n) is 11.5. The molecule has 1 saturated heterocycles. The summed E-state index contributed by atoms with van der Waals surface area (Å²) in [5.74, 6) is -0.444. The number of nitrogens with zero attached hydrogens (tertiary/aromatic N) is 2. The normalized spacial score (nSPS) is 13.9. The van der Waals surface area contributed by atoms with Crippen molar-refractivity contribution in [3.63, 3.8) is 0 Å². The molecular formula is C26H27Cl2N3O3S. The molecule has 3 aromatic rings. The monoisotopic (exact) mass is 531 g/mol. The van der Waals surface area contributed by atoms with Gasteiger partial charge in [0, 0.05) is 35.4 Å². The Morgan fingerprint density at radius 1 is 0.886 bits per heavy atom. The molecule has 1 aliphatic rings. The zero-order chi connectivity index (χ0) is 24.8. The Kier molecular flexibility index (Phi) is 8.21. The van der Waals surface area contributed by atoms with Gasteiger partial charge in [0.05, 0.1) is 10.6 Å². The predicted octanol–water partition coefficient (Wildman–Crippen LogP) is 5.50. The number of hydrogen-bond acceptors (Lipinski definition) is 4. The molecule has 1 heterocycles. The van der Waals surface area contributed by atoms with E-state index in [1.54, 1.807) is 18.2 Å². The number of carbonyl (C=O) groups is 1. The van der Waals surface area contributed by atoms with Crippen molar-refractivity contribution >= 4 is 50.5 Å². The van der Waals surface area contributed by atoms with Crippen molar-refractivity contribution in [3.05, 3.63) is 88.4 Å². The summed E-state index contributed by atoms with van der Waals surface area (Å²) in [6.45, 7) is 2.00. The average Bonchev–Trinajstić information content (AvgIpc) is 2.86. The van der Waals surface area contributed by atoms with E-state index in [1.165, 1.54) is 55.3 Å². The van der Waals surface area contributed by atoms with Crippen LogP contribution in [-0.2, 0) is 21.4 Å². The van der Waals surface area contributed by atoms with Crippen molar-refractivity contribution in [1.82, 2.24) is 5.32 Å². The van der Waals surface area contributed by atoms with E-state index >= 15 is 0 Å². The maximum atomic E-state index is 13.4. The number of carbonyl (C=O) groups excluding carboxylic acids is 1. The molecule has 1 aliphatic heterocycles. The maximum Gasteiger partial charge on any atom is 0.264 e. The van der Waals surface area contributed by atoms with Crippen LogP contribution in [0.1, 0.15) is 24.8 Å². The molecule has 0 spiro atoms. The largest absolute Gasteiger partial charge is 0.372 e. The predicted molar refractivity (Wildman–Crippen MR) is 142 cm³/mol. The number of hydrogen-bond donors (Lipinski definition) is 1. The number of anilines is 2. The molecule has 9 heteroatoms. The van der Waals surface area contributed by atoms with Crippen LogP contribution in [0, 0.1) is 0 Å². The van der Waals surface area contributed by atoms with E-state index in [-0.39, 0.29) is 27.2 Å². The third-order valence-corrected chi connectivity index (χ3v) is 8.13. The third-order valence-electron chi connectivity index (χ3n) is 5.90. The Morgan fingerprint density at radius 2 is 1.51 bits per heavy atom. The lowest BCUT2D eigenvalue weighted by Gasteiger charge is -2.28. The van der Waals surface area contributed by atoms with Crippen molar-refractivity contribution < 1.29 is 13.2 Å². The zero-order valence-corrected chi connectivity index (χ0v) is 21.5. The van der Waals surface area contributed by atoms with Crippen LogP contribution in [0.3, 0.4) is 0 Å². The quantitative estimate of drug-likeness (QED) is 0.416. The summed E-state index contributed by atoms with van der Waals surface area (Å²) in [6.07, 6.45) is 3.69. The molecule has 0 aromatic heterocycles. The van der Waals surface area contributed by atoms with Gasteiger partial charge in [-0.3, -0.25) is 9.10 Å². The minimum Gasteiger partial charge on any atom is -0.372 e. The minimum atomic E-state index is -4.03. The number of sulfonamides is 1. The Hall–Kier alpha value is -2.74. The summed E-state index contributed by atoms with van der Waals surface area (Å²) in [5, 5.41) is 3.37. The molecule has 3 aromatic carbocycles. The maximum absolute atomic E-state index is 13.4. The topological polar surface area (TPSA) is 69.7 Å². The SMILES string of the molecule is O=C(CN(c1cc(Cl)cc(Cl)c1)S(=O)(=O)c1ccccc1)NCc1ccc(N2CCCCC2)cc1. The van der Waals surface area contributed by atoms with Crippen molar-refractivity contribution in [2.75, 3.05) is 28.8 Å². The van der Waals surface area contributed by atoms with E-state index in [4.69, 9.17) is 23.2 Å². The molecule has 1 amide bonds. The summed E-state index contributed by atoms with van der Waals surface area (Å²) >= 11 is 12.3. The van der Waals surface area contributed by atoms with Crippen LogP contribution in [0.5, 0.6) is 0 Å². The fraction of sp³-hybridized carbons (Fsp3) is 0.269. The smallest absolute Gasteiger partial charge is 0.264 e. The van der Waals surface area contributed by atoms with Crippen molar-refractivity contribution in [1.29, 1.82) is 0 Å². The summed E-state index contributed by atoms with van der Waals surface area (Å²) in [4.78, 5) is 15.3. The molecule has 4 rings (SSSR count). The van der Waals surface area contributed by atoms with Crippen molar-refractivity contribution in [2.24, 2.45) is 0 Å². The molecule has 1 fully saturated rings. The molecule has 0 unspecified atom stereocenters. The van der Waals surface area contributed by atoms with E-state index in [0.29, 0.717) is 0 Å². The number of amides is 1. The lowest BCUT2D eigenvalue weighted by molar-refractivity contribution is -0.119. The summed E-state index contributed by atoms with van der Waals surface area (Å²) in [6, 6.07) is 20.5. The van der Waals surface area contributed by atoms with E-state index in [9.17, 15) is 13.2 Å². The molecule has 1 N–H and O–H groups in total. The van der Waals surface area contributed by atoms with Crippen molar-refractivity contribution in [2.45, 2.75) is 30.7 Å². The van der Waals surface area contributed by atoms with Gasteiger partial charge in [-0.2, -0.15) is 0 Å². The van der Waals surface area contributed by atoms with Gasteiger partial charge in [0.25, 0.3) is 10.0 Å². The van der Waals surface area contributed by atoms with E-state index in [0.717, 1.165) is 23.0 Å².